The number of halogens is 3. The van der Waals surface area contributed by atoms with Gasteiger partial charge in [0, 0.05) is 31.4 Å². The monoisotopic (exact) mass is 473 g/mol. The third-order valence-electron chi connectivity index (χ3n) is 5.21. The molecule has 1 fully saturated rings. The lowest BCUT2D eigenvalue weighted by Gasteiger charge is -2.31. The molecule has 1 heterocycles. The Morgan fingerprint density at radius 1 is 1.12 bits per heavy atom. The molecule has 0 spiro atoms. The largest absolute Gasteiger partial charge is 0.573 e. The molecule has 33 heavy (non-hydrogen) atoms. The molecule has 2 amide bonds. The molecular weight excluding hydrogens is 439 g/mol. The summed E-state index contributed by atoms with van der Waals surface area (Å²) in [6, 6.07) is 5.04. The number of anilines is 1. The molecule has 1 saturated heterocycles. The molecule has 7 nitrogen and oxygen atoms in total. The first-order chi connectivity index (χ1) is 15.3. The summed E-state index contributed by atoms with van der Waals surface area (Å²) >= 11 is 0. The second kappa shape index (κ2) is 11.6. The van der Waals surface area contributed by atoms with Crippen molar-refractivity contribution in [2.45, 2.75) is 52.9 Å². The smallest absolute Gasteiger partial charge is 0.406 e. The average Bonchev–Trinajstić information content (AvgIpc) is 2.72. The van der Waals surface area contributed by atoms with E-state index in [4.69, 9.17) is 4.74 Å². The van der Waals surface area contributed by atoms with E-state index in [1.54, 1.807) is 11.8 Å². The van der Waals surface area contributed by atoms with Gasteiger partial charge in [0.05, 0.1) is 13.2 Å². The first kappa shape index (κ1) is 26.8. The second-order valence-electron chi connectivity index (χ2n) is 9.45. The number of hydrogen-bond acceptors (Lipinski definition) is 5. The van der Waals surface area contributed by atoms with Crippen LogP contribution in [0.4, 0.5) is 18.9 Å². The molecule has 1 aromatic rings. The summed E-state index contributed by atoms with van der Waals surface area (Å²) in [5.41, 5.74) is 0.568. The van der Waals surface area contributed by atoms with Crippen LogP contribution < -0.4 is 15.4 Å². The zero-order chi connectivity index (χ0) is 24.6. The SMILES string of the molecule is C[C@@H](CNc1ccc(OC(F)(F)F)cc1)NC(=O)[C@@H](CCC(C)(C)C)C(=O)N1CCOCC1. The lowest BCUT2D eigenvalue weighted by Crippen LogP contribution is -2.50. The summed E-state index contributed by atoms with van der Waals surface area (Å²) in [6.45, 7) is 10.2. The number of alkyl halides is 3. The maximum atomic E-state index is 13.1. The highest BCUT2D eigenvalue weighted by Crippen LogP contribution is 2.26. The number of hydrogen-bond donors (Lipinski definition) is 2. The van der Waals surface area contributed by atoms with E-state index in [2.05, 4.69) is 36.1 Å². The number of benzene rings is 1. The van der Waals surface area contributed by atoms with Crippen molar-refractivity contribution < 1.29 is 32.2 Å². The Morgan fingerprint density at radius 3 is 2.27 bits per heavy atom. The molecule has 2 rings (SSSR count). The van der Waals surface area contributed by atoms with E-state index in [1.165, 1.54) is 24.3 Å². The molecule has 1 aromatic carbocycles. The van der Waals surface area contributed by atoms with E-state index in [-0.39, 0.29) is 29.0 Å². The number of nitrogens with one attached hydrogen (secondary N) is 2. The molecular formula is C23H34F3N3O4. The number of carbonyl (C=O) groups excluding carboxylic acids is 2. The molecule has 0 aromatic heterocycles. The van der Waals surface area contributed by atoms with E-state index in [0.29, 0.717) is 45.0 Å². The van der Waals surface area contributed by atoms with E-state index in [1.807, 2.05) is 0 Å². The van der Waals surface area contributed by atoms with Gasteiger partial charge in [-0.1, -0.05) is 20.8 Å². The quantitative estimate of drug-likeness (QED) is 0.534. The Kier molecular flexibility index (Phi) is 9.39. The molecule has 0 saturated carbocycles. The van der Waals surface area contributed by atoms with Crippen LogP contribution in [0.25, 0.3) is 0 Å². The number of carbonyl (C=O) groups is 2. The van der Waals surface area contributed by atoms with Crippen LogP contribution in [0.15, 0.2) is 24.3 Å². The van der Waals surface area contributed by atoms with Crippen molar-refractivity contribution in [2.24, 2.45) is 11.3 Å². The van der Waals surface area contributed by atoms with Crippen LogP contribution in [0.3, 0.4) is 0 Å². The van der Waals surface area contributed by atoms with Gasteiger partial charge < -0.3 is 25.0 Å². The number of ether oxygens (including phenoxy) is 2. The Hall–Kier alpha value is -2.49. The minimum absolute atomic E-state index is 0.0149. The van der Waals surface area contributed by atoms with E-state index >= 15 is 0 Å². The number of nitrogens with zero attached hydrogens (tertiary/aromatic N) is 1. The van der Waals surface area contributed by atoms with E-state index in [9.17, 15) is 22.8 Å². The summed E-state index contributed by atoms with van der Waals surface area (Å²) in [5.74, 6) is -1.58. The van der Waals surface area contributed by atoms with Crippen LogP contribution in [-0.4, -0.2) is 62.0 Å². The molecule has 0 unspecified atom stereocenters. The van der Waals surface area contributed by atoms with Gasteiger partial charge >= 0.3 is 6.36 Å². The van der Waals surface area contributed by atoms with Gasteiger partial charge in [-0.15, -0.1) is 13.2 Å². The minimum atomic E-state index is -4.74. The highest BCUT2D eigenvalue weighted by Gasteiger charge is 2.33. The molecule has 0 radical (unpaired) electrons. The van der Waals surface area contributed by atoms with Gasteiger partial charge in [0.15, 0.2) is 0 Å². The predicted molar refractivity (Wildman–Crippen MR) is 119 cm³/mol. The third kappa shape index (κ3) is 9.89. The zero-order valence-corrected chi connectivity index (χ0v) is 19.6. The third-order valence-corrected chi connectivity index (χ3v) is 5.21. The van der Waals surface area contributed by atoms with Gasteiger partial charge in [-0.3, -0.25) is 9.59 Å². The van der Waals surface area contributed by atoms with Crippen molar-refractivity contribution >= 4 is 17.5 Å². The van der Waals surface area contributed by atoms with Crippen molar-refractivity contribution in [1.82, 2.24) is 10.2 Å². The highest BCUT2D eigenvalue weighted by atomic mass is 19.4. The molecule has 186 valence electrons. The average molecular weight is 474 g/mol. The van der Waals surface area contributed by atoms with Crippen molar-refractivity contribution in [3.63, 3.8) is 0 Å². The standard InChI is InChI=1S/C23H34F3N3O4/c1-16(15-27-17-5-7-18(8-6-17)33-23(24,25)26)28-20(30)19(9-10-22(2,3)4)21(31)29-11-13-32-14-12-29/h5-8,16,19,27H,9-15H2,1-4H3,(H,28,30)/t16-,19+/m0/s1. The van der Waals surface area contributed by atoms with Crippen LogP contribution in [0, 0.1) is 11.3 Å². The van der Waals surface area contributed by atoms with E-state index < -0.39 is 12.3 Å². The van der Waals surface area contributed by atoms with Crippen LogP contribution in [0.2, 0.25) is 0 Å². The molecule has 0 aliphatic carbocycles. The van der Waals surface area contributed by atoms with Gasteiger partial charge in [0.2, 0.25) is 11.8 Å². The first-order valence-electron chi connectivity index (χ1n) is 11.1. The van der Waals surface area contributed by atoms with Crippen molar-refractivity contribution in [1.29, 1.82) is 0 Å². The Balaban J connectivity index is 1.92. The lowest BCUT2D eigenvalue weighted by molar-refractivity contribution is -0.274. The molecule has 2 atom stereocenters. The summed E-state index contributed by atoms with van der Waals surface area (Å²) in [5, 5.41) is 5.96. The summed E-state index contributed by atoms with van der Waals surface area (Å²) in [4.78, 5) is 27.7. The van der Waals surface area contributed by atoms with Crippen molar-refractivity contribution in [3.8, 4) is 5.75 Å². The Morgan fingerprint density at radius 2 is 1.73 bits per heavy atom. The molecule has 0 bridgehead atoms. The number of morpholine rings is 1. The summed E-state index contributed by atoms with van der Waals surface area (Å²) in [7, 11) is 0. The topological polar surface area (TPSA) is 79.9 Å². The highest BCUT2D eigenvalue weighted by molar-refractivity contribution is 6.00. The van der Waals surface area contributed by atoms with Gasteiger partial charge in [-0.25, -0.2) is 0 Å². The Bertz CT molecular complexity index is 773. The van der Waals surface area contributed by atoms with E-state index in [0.717, 1.165) is 6.42 Å². The maximum absolute atomic E-state index is 13.1. The van der Waals surface area contributed by atoms with Crippen molar-refractivity contribution in [3.05, 3.63) is 24.3 Å². The lowest BCUT2D eigenvalue weighted by atomic mass is 9.86. The summed E-state index contributed by atoms with van der Waals surface area (Å²) in [6.07, 6.45) is -3.57. The molecule has 10 heteroatoms. The van der Waals surface area contributed by atoms with Crippen LogP contribution >= 0.6 is 0 Å². The van der Waals surface area contributed by atoms with Gasteiger partial charge in [-0.2, -0.15) is 0 Å². The molecule has 1 aliphatic heterocycles. The Labute approximate surface area is 193 Å². The van der Waals surface area contributed by atoms with Gasteiger partial charge in [0.1, 0.15) is 11.7 Å². The summed E-state index contributed by atoms with van der Waals surface area (Å²) < 4.78 is 46.0. The van der Waals surface area contributed by atoms with Crippen LogP contribution in [-0.2, 0) is 14.3 Å². The fraction of sp³-hybridized carbons (Fsp3) is 0.652. The fourth-order valence-corrected chi connectivity index (χ4v) is 3.39. The normalized spacial score (nSPS) is 16.6. The zero-order valence-electron chi connectivity index (χ0n) is 19.6. The van der Waals surface area contributed by atoms with Gasteiger partial charge in [-0.05, 0) is 49.4 Å². The molecule has 1 aliphatic rings. The van der Waals surface area contributed by atoms with Crippen LogP contribution in [0.1, 0.15) is 40.5 Å². The van der Waals surface area contributed by atoms with Gasteiger partial charge in [0.25, 0.3) is 0 Å². The predicted octanol–water partition coefficient (Wildman–Crippen LogP) is 3.80. The van der Waals surface area contributed by atoms with Crippen molar-refractivity contribution in [2.75, 3.05) is 38.2 Å². The number of amides is 2. The van der Waals surface area contributed by atoms with Crippen LogP contribution in [0.5, 0.6) is 5.75 Å². The second-order valence-corrected chi connectivity index (χ2v) is 9.45. The fourth-order valence-electron chi connectivity index (χ4n) is 3.39. The maximum Gasteiger partial charge on any atom is 0.573 e. The minimum Gasteiger partial charge on any atom is -0.406 e. The first-order valence-corrected chi connectivity index (χ1v) is 11.1. The molecule has 2 N–H and O–H groups in total. The number of rotatable bonds is 9.